The summed E-state index contributed by atoms with van der Waals surface area (Å²) < 4.78 is 13.6. The molecule has 0 heterocycles. The van der Waals surface area contributed by atoms with Gasteiger partial charge < -0.3 is 10.8 Å². The summed E-state index contributed by atoms with van der Waals surface area (Å²) in [6.07, 6.45) is 0.461. The maximum absolute atomic E-state index is 13.0. The fourth-order valence-electron chi connectivity index (χ4n) is 1.12. The SMILES string of the molecule is C[C@@H](N)Cc1cc(Br)cc(F)c1O. The number of hydrogen-bond donors (Lipinski definition) is 2. The van der Waals surface area contributed by atoms with Gasteiger partial charge in [-0.3, -0.25) is 0 Å². The second-order valence-corrected chi connectivity index (χ2v) is 3.99. The molecule has 0 saturated heterocycles. The molecule has 0 amide bonds. The highest BCUT2D eigenvalue weighted by Gasteiger charge is 2.10. The fraction of sp³-hybridized carbons (Fsp3) is 0.333. The van der Waals surface area contributed by atoms with Crippen LogP contribution in [0.25, 0.3) is 0 Å². The summed E-state index contributed by atoms with van der Waals surface area (Å²) in [6, 6.07) is 2.79. The zero-order valence-electron chi connectivity index (χ0n) is 7.22. The van der Waals surface area contributed by atoms with Gasteiger partial charge in [0.15, 0.2) is 11.6 Å². The average Bonchev–Trinajstić information content (AvgIpc) is 1.98. The van der Waals surface area contributed by atoms with Crippen molar-refractivity contribution in [2.75, 3.05) is 0 Å². The molecule has 0 aromatic heterocycles. The molecule has 1 aromatic rings. The summed E-state index contributed by atoms with van der Waals surface area (Å²) in [6.45, 7) is 1.80. The minimum atomic E-state index is -0.620. The smallest absolute Gasteiger partial charge is 0.166 e. The molecule has 3 N–H and O–H groups in total. The van der Waals surface area contributed by atoms with E-state index in [1.807, 2.05) is 0 Å². The van der Waals surface area contributed by atoms with E-state index < -0.39 is 5.82 Å². The van der Waals surface area contributed by atoms with E-state index in [0.717, 1.165) is 0 Å². The Balaban J connectivity index is 3.05. The summed E-state index contributed by atoms with van der Waals surface area (Å²) >= 11 is 3.15. The van der Waals surface area contributed by atoms with E-state index in [2.05, 4.69) is 15.9 Å². The molecule has 13 heavy (non-hydrogen) atoms. The minimum absolute atomic E-state index is 0.0976. The van der Waals surface area contributed by atoms with Gasteiger partial charge in [-0.1, -0.05) is 15.9 Å². The van der Waals surface area contributed by atoms with E-state index in [1.54, 1.807) is 13.0 Å². The molecule has 0 aliphatic heterocycles. The Morgan fingerprint density at radius 1 is 1.62 bits per heavy atom. The standard InChI is InChI=1S/C9H11BrFNO/c1-5(12)2-6-3-7(10)4-8(11)9(6)13/h3-5,13H,2,12H2,1H3/t5-/m1/s1. The second kappa shape index (κ2) is 4.07. The van der Waals surface area contributed by atoms with E-state index in [-0.39, 0.29) is 11.8 Å². The van der Waals surface area contributed by atoms with Crippen molar-refractivity contribution in [1.82, 2.24) is 0 Å². The lowest BCUT2D eigenvalue weighted by Gasteiger charge is -2.08. The van der Waals surface area contributed by atoms with Gasteiger partial charge in [-0.25, -0.2) is 4.39 Å². The number of aromatic hydroxyl groups is 1. The fourth-order valence-corrected chi connectivity index (χ4v) is 1.60. The molecule has 0 aliphatic rings. The van der Waals surface area contributed by atoms with Crippen molar-refractivity contribution in [3.63, 3.8) is 0 Å². The summed E-state index contributed by atoms with van der Waals surface area (Å²) in [5, 5.41) is 9.32. The van der Waals surface area contributed by atoms with Gasteiger partial charge >= 0.3 is 0 Å². The Hall–Kier alpha value is -0.610. The monoisotopic (exact) mass is 247 g/mol. The maximum atomic E-state index is 13.0. The van der Waals surface area contributed by atoms with Crippen molar-refractivity contribution < 1.29 is 9.50 Å². The number of rotatable bonds is 2. The van der Waals surface area contributed by atoms with E-state index in [1.165, 1.54) is 6.07 Å². The van der Waals surface area contributed by atoms with Gasteiger partial charge in [0.05, 0.1) is 0 Å². The van der Waals surface area contributed by atoms with Crippen LogP contribution in [0, 0.1) is 5.82 Å². The highest BCUT2D eigenvalue weighted by molar-refractivity contribution is 9.10. The van der Waals surface area contributed by atoms with Crippen LogP contribution in [-0.4, -0.2) is 11.1 Å². The van der Waals surface area contributed by atoms with E-state index >= 15 is 0 Å². The Labute approximate surface area is 84.7 Å². The van der Waals surface area contributed by atoms with E-state index in [9.17, 15) is 9.50 Å². The van der Waals surface area contributed by atoms with Crippen LogP contribution >= 0.6 is 15.9 Å². The van der Waals surface area contributed by atoms with Crippen LogP contribution in [0.5, 0.6) is 5.75 Å². The molecule has 1 rings (SSSR count). The molecule has 0 radical (unpaired) electrons. The van der Waals surface area contributed by atoms with E-state index in [4.69, 9.17) is 5.73 Å². The zero-order valence-corrected chi connectivity index (χ0v) is 8.81. The molecule has 72 valence electrons. The van der Waals surface area contributed by atoms with E-state index in [0.29, 0.717) is 16.5 Å². The molecular formula is C9H11BrFNO. The predicted octanol–water partition coefficient (Wildman–Crippen LogP) is 2.18. The highest BCUT2D eigenvalue weighted by atomic mass is 79.9. The normalized spacial score (nSPS) is 12.9. The number of hydrogen-bond acceptors (Lipinski definition) is 2. The van der Waals surface area contributed by atoms with Gasteiger partial charge in [0, 0.05) is 10.5 Å². The van der Waals surface area contributed by atoms with Gasteiger partial charge in [-0.05, 0) is 31.0 Å². The van der Waals surface area contributed by atoms with Crippen molar-refractivity contribution in [3.8, 4) is 5.75 Å². The molecule has 1 aromatic carbocycles. The van der Waals surface area contributed by atoms with Crippen molar-refractivity contribution in [1.29, 1.82) is 0 Å². The van der Waals surface area contributed by atoms with Crippen LogP contribution in [0.4, 0.5) is 4.39 Å². The van der Waals surface area contributed by atoms with Crippen molar-refractivity contribution >= 4 is 15.9 Å². The molecule has 2 nitrogen and oxygen atoms in total. The molecule has 1 atom stereocenters. The molecule has 0 bridgehead atoms. The Bertz CT molecular complexity index is 315. The molecule has 0 unspecified atom stereocenters. The number of benzene rings is 1. The van der Waals surface area contributed by atoms with Crippen LogP contribution in [0.15, 0.2) is 16.6 Å². The first-order valence-electron chi connectivity index (χ1n) is 3.93. The number of phenolic OH excluding ortho intramolecular Hbond substituents is 1. The first-order chi connectivity index (χ1) is 6.00. The van der Waals surface area contributed by atoms with Crippen molar-refractivity contribution in [2.24, 2.45) is 5.73 Å². The van der Waals surface area contributed by atoms with Gasteiger partial charge in [0.2, 0.25) is 0 Å². The molecule has 0 aliphatic carbocycles. The highest BCUT2D eigenvalue weighted by Crippen LogP contribution is 2.26. The summed E-state index contributed by atoms with van der Waals surface area (Å²) in [4.78, 5) is 0. The van der Waals surface area contributed by atoms with Gasteiger partial charge in [-0.15, -0.1) is 0 Å². The molecule has 0 fully saturated rings. The minimum Gasteiger partial charge on any atom is -0.505 e. The van der Waals surface area contributed by atoms with Crippen LogP contribution < -0.4 is 5.73 Å². The molecule has 4 heteroatoms. The molecule has 0 saturated carbocycles. The maximum Gasteiger partial charge on any atom is 0.166 e. The van der Waals surface area contributed by atoms with Crippen molar-refractivity contribution in [3.05, 3.63) is 28.0 Å². The first-order valence-corrected chi connectivity index (χ1v) is 4.72. The Morgan fingerprint density at radius 2 is 2.23 bits per heavy atom. The van der Waals surface area contributed by atoms with Crippen LogP contribution in [0.1, 0.15) is 12.5 Å². The summed E-state index contributed by atoms with van der Waals surface area (Å²) in [5.41, 5.74) is 6.07. The number of halogens is 2. The Kier molecular flexibility index (Phi) is 3.27. The lowest BCUT2D eigenvalue weighted by atomic mass is 10.1. The van der Waals surface area contributed by atoms with Gasteiger partial charge in [0.1, 0.15) is 0 Å². The third kappa shape index (κ3) is 2.67. The largest absolute Gasteiger partial charge is 0.505 e. The lowest BCUT2D eigenvalue weighted by molar-refractivity contribution is 0.423. The van der Waals surface area contributed by atoms with Crippen molar-refractivity contribution in [2.45, 2.75) is 19.4 Å². The zero-order chi connectivity index (χ0) is 10.0. The third-order valence-corrected chi connectivity index (χ3v) is 2.11. The van der Waals surface area contributed by atoms with Crippen LogP contribution in [0.3, 0.4) is 0 Å². The van der Waals surface area contributed by atoms with Gasteiger partial charge in [-0.2, -0.15) is 0 Å². The number of phenols is 1. The quantitative estimate of drug-likeness (QED) is 0.842. The van der Waals surface area contributed by atoms with Gasteiger partial charge in [0.25, 0.3) is 0 Å². The van der Waals surface area contributed by atoms with Crippen LogP contribution in [-0.2, 0) is 6.42 Å². The summed E-state index contributed by atoms with van der Waals surface area (Å²) in [5.74, 6) is -0.925. The summed E-state index contributed by atoms with van der Waals surface area (Å²) in [7, 11) is 0. The lowest BCUT2D eigenvalue weighted by Crippen LogP contribution is -2.17. The average molecular weight is 248 g/mol. The predicted molar refractivity (Wildman–Crippen MR) is 53.1 cm³/mol. The topological polar surface area (TPSA) is 46.2 Å². The first kappa shape index (κ1) is 10.5. The number of nitrogens with two attached hydrogens (primary N) is 1. The second-order valence-electron chi connectivity index (χ2n) is 3.08. The Morgan fingerprint density at radius 3 is 2.77 bits per heavy atom. The third-order valence-electron chi connectivity index (χ3n) is 1.65. The molecule has 0 spiro atoms. The molecular weight excluding hydrogens is 237 g/mol. The van der Waals surface area contributed by atoms with Crippen LogP contribution in [0.2, 0.25) is 0 Å².